The van der Waals surface area contributed by atoms with Gasteiger partial charge in [-0.1, -0.05) is 13.8 Å². The van der Waals surface area contributed by atoms with Crippen molar-refractivity contribution in [1.82, 2.24) is 15.0 Å². The number of hydrogen-bond acceptors (Lipinski definition) is 4. The third-order valence-corrected chi connectivity index (χ3v) is 2.80. The van der Waals surface area contributed by atoms with Crippen LogP contribution >= 0.6 is 11.3 Å². The lowest BCUT2D eigenvalue weighted by Crippen LogP contribution is -2.10. The van der Waals surface area contributed by atoms with E-state index in [1.165, 1.54) is 16.1 Å². The van der Waals surface area contributed by atoms with E-state index in [0.29, 0.717) is 5.56 Å². The van der Waals surface area contributed by atoms with Crippen LogP contribution in [0.25, 0.3) is 5.69 Å². The number of carbonyl (C=O) groups is 1. The quantitative estimate of drug-likeness (QED) is 0.746. The zero-order chi connectivity index (χ0) is 10.8. The molecule has 0 radical (unpaired) electrons. The lowest BCUT2D eigenvalue weighted by molar-refractivity contribution is 0.0939. The Kier molecular flexibility index (Phi) is 2.64. The highest BCUT2D eigenvalue weighted by Crippen LogP contribution is 2.21. The van der Waals surface area contributed by atoms with Crippen LogP contribution in [0.15, 0.2) is 23.2 Å². The van der Waals surface area contributed by atoms with Gasteiger partial charge in [-0.2, -0.15) is 15.0 Å². The molecule has 5 heteroatoms. The second kappa shape index (κ2) is 3.94. The van der Waals surface area contributed by atoms with Crippen LogP contribution in [0.5, 0.6) is 0 Å². The molecule has 0 saturated carbocycles. The van der Waals surface area contributed by atoms with Crippen LogP contribution in [-0.4, -0.2) is 20.8 Å². The van der Waals surface area contributed by atoms with E-state index in [1.54, 1.807) is 12.4 Å². The van der Waals surface area contributed by atoms with Crippen molar-refractivity contribution in [3.8, 4) is 5.69 Å². The SMILES string of the molecule is CC(C)C(=O)c1cscc1-n1nccn1. The number of aromatic nitrogens is 3. The molecular weight excluding hydrogens is 210 g/mol. The molecule has 0 saturated heterocycles. The van der Waals surface area contributed by atoms with Gasteiger partial charge in [0.15, 0.2) is 5.78 Å². The van der Waals surface area contributed by atoms with Gasteiger partial charge < -0.3 is 0 Å². The van der Waals surface area contributed by atoms with Crippen molar-refractivity contribution in [2.45, 2.75) is 13.8 Å². The smallest absolute Gasteiger partial charge is 0.168 e. The molecule has 2 aromatic rings. The van der Waals surface area contributed by atoms with Crippen LogP contribution in [0.3, 0.4) is 0 Å². The van der Waals surface area contributed by atoms with E-state index in [0.717, 1.165) is 5.69 Å². The largest absolute Gasteiger partial charge is 0.294 e. The molecule has 15 heavy (non-hydrogen) atoms. The maximum absolute atomic E-state index is 11.9. The maximum atomic E-state index is 11.9. The molecule has 0 bridgehead atoms. The van der Waals surface area contributed by atoms with Crippen LogP contribution in [0.2, 0.25) is 0 Å². The minimum atomic E-state index is -0.00564. The summed E-state index contributed by atoms with van der Waals surface area (Å²) in [6, 6.07) is 0. The molecule has 2 rings (SSSR count). The molecule has 0 amide bonds. The summed E-state index contributed by atoms with van der Waals surface area (Å²) >= 11 is 1.49. The molecule has 0 aliphatic carbocycles. The standard InChI is InChI=1S/C10H11N3OS/c1-7(2)10(14)8-5-15-6-9(8)13-11-3-4-12-13/h3-7H,1-2H3. The third-order valence-electron chi connectivity index (χ3n) is 2.07. The number of hydrogen-bond donors (Lipinski definition) is 0. The number of thiophene rings is 1. The first-order valence-electron chi connectivity index (χ1n) is 4.67. The average Bonchev–Trinajstić information content (AvgIpc) is 2.86. The summed E-state index contributed by atoms with van der Waals surface area (Å²) in [5.41, 5.74) is 1.47. The number of carbonyl (C=O) groups excluding carboxylic acids is 1. The van der Waals surface area contributed by atoms with Crippen molar-refractivity contribution in [3.63, 3.8) is 0 Å². The summed E-state index contributed by atoms with van der Waals surface area (Å²) in [4.78, 5) is 13.3. The van der Waals surface area contributed by atoms with Crippen LogP contribution in [0.4, 0.5) is 0 Å². The first kappa shape index (κ1) is 10.0. The zero-order valence-corrected chi connectivity index (χ0v) is 9.36. The summed E-state index contributed by atoms with van der Waals surface area (Å²) in [7, 11) is 0. The lowest BCUT2D eigenvalue weighted by Gasteiger charge is -2.04. The highest BCUT2D eigenvalue weighted by Gasteiger charge is 2.17. The van der Waals surface area contributed by atoms with E-state index >= 15 is 0 Å². The van der Waals surface area contributed by atoms with Gasteiger partial charge in [-0.15, -0.1) is 11.3 Å². The summed E-state index contributed by atoms with van der Waals surface area (Å²) in [5, 5.41) is 11.8. The zero-order valence-electron chi connectivity index (χ0n) is 8.54. The van der Waals surface area contributed by atoms with Gasteiger partial charge in [-0.05, 0) is 0 Å². The number of nitrogens with zero attached hydrogens (tertiary/aromatic N) is 3. The van der Waals surface area contributed by atoms with E-state index in [-0.39, 0.29) is 11.7 Å². The fourth-order valence-electron chi connectivity index (χ4n) is 1.28. The molecule has 0 aliphatic heterocycles. The summed E-state index contributed by atoms with van der Waals surface area (Å²) in [6.07, 6.45) is 3.20. The molecule has 0 fully saturated rings. The van der Waals surface area contributed by atoms with Gasteiger partial charge in [-0.25, -0.2) is 0 Å². The van der Waals surface area contributed by atoms with E-state index in [1.807, 2.05) is 24.6 Å². The van der Waals surface area contributed by atoms with Crippen molar-refractivity contribution in [3.05, 3.63) is 28.7 Å². The average molecular weight is 221 g/mol. The molecule has 0 N–H and O–H groups in total. The van der Waals surface area contributed by atoms with Gasteiger partial charge in [0.1, 0.15) is 5.69 Å². The lowest BCUT2D eigenvalue weighted by atomic mass is 10.0. The van der Waals surface area contributed by atoms with E-state index < -0.39 is 0 Å². The Bertz CT molecular complexity index is 459. The fraction of sp³-hybridized carbons (Fsp3) is 0.300. The van der Waals surface area contributed by atoms with Gasteiger partial charge >= 0.3 is 0 Å². The van der Waals surface area contributed by atoms with Crippen LogP contribution in [0, 0.1) is 5.92 Å². The topological polar surface area (TPSA) is 47.8 Å². The number of Topliss-reactive ketones (excluding diaryl/α,β-unsaturated/α-hetero) is 1. The van der Waals surface area contributed by atoms with Gasteiger partial charge in [0, 0.05) is 16.7 Å². The highest BCUT2D eigenvalue weighted by molar-refractivity contribution is 7.08. The van der Waals surface area contributed by atoms with Crippen LogP contribution in [-0.2, 0) is 0 Å². The monoisotopic (exact) mass is 221 g/mol. The predicted molar refractivity (Wildman–Crippen MR) is 58.4 cm³/mol. The van der Waals surface area contributed by atoms with E-state index in [4.69, 9.17) is 0 Å². The van der Waals surface area contributed by atoms with Gasteiger partial charge in [-0.3, -0.25) is 4.79 Å². The summed E-state index contributed by atoms with van der Waals surface area (Å²) in [5.74, 6) is 0.123. The van der Waals surface area contributed by atoms with Crippen molar-refractivity contribution in [2.75, 3.05) is 0 Å². The molecule has 0 aliphatic rings. The second-order valence-electron chi connectivity index (χ2n) is 3.51. The molecule has 0 atom stereocenters. The van der Waals surface area contributed by atoms with Gasteiger partial charge in [0.2, 0.25) is 0 Å². The van der Waals surface area contributed by atoms with Crippen molar-refractivity contribution in [2.24, 2.45) is 5.92 Å². The first-order chi connectivity index (χ1) is 7.20. The third kappa shape index (κ3) is 1.83. The second-order valence-corrected chi connectivity index (χ2v) is 4.25. The van der Waals surface area contributed by atoms with Crippen molar-refractivity contribution >= 4 is 17.1 Å². The normalized spacial score (nSPS) is 10.9. The van der Waals surface area contributed by atoms with E-state index in [9.17, 15) is 4.79 Å². The summed E-state index contributed by atoms with van der Waals surface area (Å²) in [6.45, 7) is 3.78. The number of rotatable bonds is 3. The Balaban J connectivity index is 2.43. The fourth-order valence-corrected chi connectivity index (χ4v) is 2.07. The first-order valence-corrected chi connectivity index (χ1v) is 5.61. The Hall–Kier alpha value is -1.49. The Morgan fingerprint density at radius 1 is 1.33 bits per heavy atom. The summed E-state index contributed by atoms with van der Waals surface area (Å²) < 4.78 is 0. The molecular formula is C10H11N3OS. The number of ketones is 1. The van der Waals surface area contributed by atoms with Crippen molar-refractivity contribution < 1.29 is 4.79 Å². The maximum Gasteiger partial charge on any atom is 0.168 e. The molecule has 2 heterocycles. The minimum Gasteiger partial charge on any atom is -0.294 e. The molecule has 4 nitrogen and oxygen atoms in total. The Labute approximate surface area is 91.5 Å². The van der Waals surface area contributed by atoms with E-state index in [2.05, 4.69) is 10.2 Å². The molecule has 0 aromatic carbocycles. The Morgan fingerprint density at radius 2 is 2.00 bits per heavy atom. The predicted octanol–water partition coefficient (Wildman–Crippen LogP) is 2.17. The molecule has 78 valence electrons. The van der Waals surface area contributed by atoms with Crippen molar-refractivity contribution in [1.29, 1.82) is 0 Å². The molecule has 0 spiro atoms. The van der Waals surface area contributed by atoms with Crippen LogP contribution in [0.1, 0.15) is 24.2 Å². The highest BCUT2D eigenvalue weighted by atomic mass is 32.1. The van der Waals surface area contributed by atoms with Gasteiger partial charge in [0.25, 0.3) is 0 Å². The Morgan fingerprint density at radius 3 is 2.60 bits per heavy atom. The molecule has 0 unspecified atom stereocenters. The van der Waals surface area contributed by atoms with Gasteiger partial charge in [0.05, 0.1) is 18.0 Å². The van der Waals surface area contributed by atoms with Crippen LogP contribution < -0.4 is 0 Å². The molecule has 2 aromatic heterocycles. The minimum absolute atomic E-state index is 0.00564.